The van der Waals surface area contributed by atoms with Crippen LogP contribution in [0, 0.1) is 5.92 Å². The SMILES string of the molecule is CC(C)CC(NC(=O)C1CCCN1)C(=O)NC(Cc1c[nH]c2ccccc12)C(=O)NC(CC(N)=O)C(=O)O. The van der Waals surface area contributed by atoms with E-state index in [0.717, 1.165) is 29.4 Å². The Labute approximate surface area is 220 Å². The van der Waals surface area contributed by atoms with Gasteiger partial charge in [0, 0.05) is 23.5 Å². The number of rotatable bonds is 13. The number of primary amides is 1. The largest absolute Gasteiger partial charge is 0.480 e. The molecule has 4 amide bonds. The van der Waals surface area contributed by atoms with Gasteiger partial charge in [-0.1, -0.05) is 32.0 Å². The van der Waals surface area contributed by atoms with Gasteiger partial charge in [0.15, 0.2) is 0 Å². The molecule has 3 rings (SSSR count). The van der Waals surface area contributed by atoms with Crippen LogP contribution < -0.4 is 27.0 Å². The minimum atomic E-state index is -1.55. The third-order valence-corrected chi connectivity index (χ3v) is 6.47. The summed E-state index contributed by atoms with van der Waals surface area (Å²) in [6, 6.07) is 3.40. The highest BCUT2D eigenvalue weighted by atomic mass is 16.4. The first kappa shape index (κ1) is 28.6. The summed E-state index contributed by atoms with van der Waals surface area (Å²) in [5.74, 6) is -3.89. The maximum Gasteiger partial charge on any atom is 0.326 e. The normalized spacial score (nSPS) is 17.5. The van der Waals surface area contributed by atoms with Crippen molar-refractivity contribution in [3.05, 3.63) is 36.0 Å². The zero-order valence-corrected chi connectivity index (χ0v) is 21.6. The Morgan fingerprint density at radius 1 is 1.03 bits per heavy atom. The van der Waals surface area contributed by atoms with E-state index in [-0.39, 0.29) is 24.3 Å². The van der Waals surface area contributed by atoms with Gasteiger partial charge in [0.1, 0.15) is 18.1 Å². The van der Waals surface area contributed by atoms with Crippen molar-refractivity contribution in [2.75, 3.05) is 6.54 Å². The van der Waals surface area contributed by atoms with E-state index in [1.807, 2.05) is 38.1 Å². The molecule has 1 fully saturated rings. The van der Waals surface area contributed by atoms with E-state index in [1.54, 1.807) is 6.20 Å². The lowest BCUT2D eigenvalue weighted by molar-refractivity contribution is -0.143. The summed E-state index contributed by atoms with van der Waals surface area (Å²) >= 11 is 0. The number of para-hydroxylation sites is 1. The number of carbonyl (C=O) groups is 5. The molecule has 0 radical (unpaired) electrons. The maximum absolute atomic E-state index is 13.4. The number of benzene rings is 1. The van der Waals surface area contributed by atoms with E-state index in [0.29, 0.717) is 12.8 Å². The molecule has 1 aromatic heterocycles. The number of aromatic amines is 1. The first-order chi connectivity index (χ1) is 18.0. The first-order valence-electron chi connectivity index (χ1n) is 12.8. The lowest BCUT2D eigenvalue weighted by Crippen LogP contribution is -2.58. The Kier molecular flexibility index (Phi) is 9.83. The minimum Gasteiger partial charge on any atom is -0.480 e. The van der Waals surface area contributed by atoms with Gasteiger partial charge in [-0.2, -0.15) is 0 Å². The van der Waals surface area contributed by atoms with Crippen LogP contribution >= 0.6 is 0 Å². The topological polar surface area (TPSA) is 196 Å². The summed E-state index contributed by atoms with van der Waals surface area (Å²) in [5.41, 5.74) is 6.70. The molecule has 0 bridgehead atoms. The van der Waals surface area contributed by atoms with Gasteiger partial charge in [-0.25, -0.2) is 4.79 Å². The number of hydrogen-bond acceptors (Lipinski definition) is 6. The van der Waals surface area contributed by atoms with Gasteiger partial charge in [-0.05, 0) is 43.4 Å². The van der Waals surface area contributed by atoms with Crippen molar-refractivity contribution in [3.63, 3.8) is 0 Å². The van der Waals surface area contributed by atoms with E-state index >= 15 is 0 Å². The summed E-state index contributed by atoms with van der Waals surface area (Å²) in [6.45, 7) is 4.55. The molecule has 12 nitrogen and oxygen atoms in total. The van der Waals surface area contributed by atoms with Crippen molar-refractivity contribution in [1.82, 2.24) is 26.3 Å². The lowest BCUT2D eigenvalue weighted by Gasteiger charge is -2.26. The van der Waals surface area contributed by atoms with Gasteiger partial charge in [0.25, 0.3) is 0 Å². The molecule has 0 aliphatic carbocycles. The molecule has 4 atom stereocenters. The molecule has 2 aromatic rings. The third-order valence-electron chi connectivity index (χ3n) is 6.47. The molecular weight excluding hydrogens is 492 g/mol. The number of aliphatic carboxylic acids is 1. The number of hydrogen-bond donors (Lipinski definition) is 7. The lowest BCUT2D eigenvalue weighted by atomic mass is 10.00. The van der Waals surface area contributed by atoms with Crippen LogP contribution in [0.5, 0.6) is 0 Å². The summed E-state index contributed by atoms with van der Waals surface area (Å²) in [6.07, 6.45) is 3.03. The number of aromatic nitrogens is 1. The molecule has 0 saturated carbocycles. The first-order valence-corrected chi connectivity index (χ1v) is 12.8. The van der Waals surface area contributed by atoms with Crippen molar-refractivity contribution in [1.29, 1.82) is 0 Å². The van der Waals surface area contributed by atoms with Crippen LogP contribution in [0.1, 0.15) is 45.1 Å². The Morgan fingerprint density at radius 3 is 2.34 bits per heavy atom. The van der Waals surface area contributed by atoms with E-state index in [4.69, 9.17) is 5.73 Å². The van der Waals surface area contributed by atoms with Gasteiger partial charge < -0.3 is 37.1 Å². The number of nitrogens with two attached hydrogens (primary N) is 1. The molecule has 0 spiro atoms. The second-order valence-electron chi connectivity index (χ2n) is 10.0. The minimum absolute atomic E-state index is 0.0387. The molecular formula is C26H36N6O6. The monoisotopic (exact) mass is 528 g/mol. The summed E-state index contributed by atoms with van der Waals surface area (Å²) in [5, 5.41) is 21.2. The molecule has 1 aliphatic heterocycles. The third kappa shape index (κ3) is 7.78. The maximum atomic E-state index is 13.4. The number of H-pyrrole nitrogens is 1. The number of fused-ring (bicyclic) bond motifs is 1. The van der Waals surface area contributed by atoms with E-state index in [1.165, 1.54) is 0 Å². The molecule has 206 valence electrons. The standard InChI is InChI=1S/C26H36N6O6/c1-14(2)10-19(30-23(34)18-8-5-9-28-18)24(35)31-20(25(36)32-21(26(37)38)12-22(27)33)11-15-13-29-17-7-4-3-6-16(15)17/h3-4,6-7,13-14,18-21,28-29H,5,8-12H2,1-2H3,(H2,27,33)(H,30,34)(H,31,35)(H,32,36)(H,37,38). The number of carbonyl (C=O) groups excluding carboxylic acids is 4. The average Bonchev–Trinajstić information content (AvgIpc) is 3.53. The summed E-state index contributed by atoms with van der Waals surface area (Å²) < 4.78 is 0. The molecule has 2 heterocycles. The molecule has 4 unspecified atom stereocenters. The van der Waals surface area contributed by atoms with E-state index in [9.17, 15) is 29.1 Å². The molecule has 8 N–H and O–H groups in total. The zero-order valence-electron chi connectivity index (χ0n) is 21.6. The number of carboxylic acids is 1. The molecule has 1 saturated heterocycles. The fraction of sp³-hybridized carbons (Fsp3) is 0.500. The second-order valence-corrected chi connectivity index (χ2v) is 10.0. The Balaban J connectivity index is 1.83. The molecule has 38 heavy (non-hydrogen) atoms. The predicted octanol–water partition coefficient (Wildman–Crippen LogP) is -0.0771. The highest BCUT2D eigenvalue weighted by Gasteiger charge is 2.32. The Morgan fingerprint density at radius 2 is 1.71 bits per heavy atom. The van der Waals surface area contributed by atoms with Crippen LogP contribution in [0.15, 0.2) is 30.5 Å². The van der Waals surface area contributed by atoms with Crippen LogP contribution in [-0.2, 0) is 30.4 Å². The van der Waals surface area contributed by atoms with Crippen molar-refractivity contribution in [2.24, 2.45) is 11.7 Å². The van der Waals surface area contributed by atoms with Gasteiger partial charge in [0.05, 0.1) is 12.5 Å². The fourth-order valence-corrected chi connectivity index (χ4v) is 4.56. The zero-order chi connectivity index (χ0) is 27.8. The number of nitrogens with one attached hydrogen (secondary N) is 5. The Bertz CT molecular complexity index is 1170. The van der Waals surface area contributed by atoms with Gasteiger partial charge >= 0.3 is 5.97 Å². The van der Waals surface area contributed by atoms with Crippen LogP contribution in [-0.4, -0.2) is 70.4 Å². The van der Waals surface area contributed by atoms with Gasteiger partial charge in [-0.3, -0.25) is 19.2 Å². The molecule has 1 aromatic carbocycles. The van der Waals surface area contributed by atoms with Crippen molar-refractivity contribution in [2.45, 2.75) is 70.1 Å². The average molecular weight is 529 g/mol. The molecule has 1 aliphatic rings. The highest BCUT2D eigenvalue weighted by molar-refractivity contribution is 5.95. The van der Waals surface area contributed by atoms with Crippen molar-refractivity contribution in [3.8, 4) is 0 Å². The van der Waals surface area contributed by atoms with Crippen molar-refractivity contribution < 1.29 is 29.1 Å². The van der Waals surface area contributed by atoms with Crippen LogP contribution in [0.3, 0.4) is 0 Å². The predicted molar refractivity (Wildman–Crippen MR) is 140 cm³/mol. The van der Waals surface area contributed by atoms with Gasteiger partial charge in [-0.15, -0.1) is 0 Å². The van der Waals surface area contributed by atoms with Crippen LogP contribution in [0.2, 0.25) is 0 Å². The van der Waals surface area contributed by atoms with Crippen LogP contribution in [0.4, 0.5) is 0 Å². The van der Waals surface area contributed by atoms with Crippen molar-refractivity contribution >= 4 is 40.5 Å². The number of amides is 4. The molecule has 12 heteroatoms. The van der Waals surface area contributed by atoms with Crippen LogP contribution in [0.25, 0.3) is 10.9 Å². The number of carboxylic acid groups (broad SMARTS) is 1. The van der Waals surface area contributed by atoms with Gasteiger partial charge in [0.2, 0.25) is 23.6 Å². The highest BCUT2D eigenvalue weighted by Crippen LogP contribution is 2.19. The quantitative estimate of drug-likeness (QED) is 0.189. The summed E-state index contributed by atoms with van der Waals surface area (Å²) in [7, 11) is 0. The Hall–Kier alpha value is -3.93. The van der Waals surface area contributed by atoms with E-state index < -0.39 is 48.2 Å². The summed E-state index contributed by atoms with van der Waals surface area (Å²) in [4.78, 5) is 65.5. The van der Waals surface area contributed by atoms with E-state index in [2.05, 4.69) is 26.3 Å². The smallest absolute Gasteiger partial charge is 0.326 e. The fourth-order valence-electron chi connectivity index (χ4n) is 4.56. The second kappa shape index (κ2) is 13.0.